The van der Waals surface area contributed by atoms with Gasteiger partial charge in [-0.3, -0.25) is 4.68 Å². The van der Waals surface area contributed by atoms with Crippen LogP contribution in [0.25, 0.3) is 0 Å². The van der Waals surface area contributed by atoms with Gasteiger partial charge < -0.3 is 5.73 Å². The second-order valence-electron chi connectivity index (χ2n) is 2.73. The molecule has 0 atom stereocenters. The molecule has 0 saturated carbocycles. The van der Waals surface area contributed by atoms with Crippen LogP contribution in [0.2, 0.25) is 0 Å². The van der Waals surface area contributed by atoms with Crippen LogP contribution in [0.4, 0.5) is 0 Å². The summed E-state index contributed by atoms with van der Waals surface area (Å²) >= 11 is 1.59. The van der Waals surface area contributed by atoms with Crippen molar-refractivity contribution in [2.45, 2.75) is 13.1 Å². The lowest BCUT2D eigenvalue weighted by molar-refractivity contribution is 0.675. The molecule has 2 rings (SSSR count). The Hall–Kier alpha value is -1.20. The molecule has 0 aliphatic rings. The van der Waals surface area contributed by atoms with Crippen molar-refractivity contribution in [3.8, 4) is 0 Å². The zero-order chi connectivity index (χ0) is 9.10. The number of nitrogens with two attached hydrogens (primary N) is 1. The molecule has 0 aliphatic heterocycles. The van der Waals surface area contributed by atoms with Crippen LogP contribution in [0.3, 0.4) is 0 Å². The minimum absolute atomic E-state index is 0.539. The summed E-state index contributed by atoms with van der Waals surface area (Å²) in [6.45, 7) is 1.26. The van der Waals surface area contributed by atoms with E-state index >= 15 is 0 Å². The Bertz CT molecular complexity index is 365. The van der Waals surface area contributed by atoms with E-state index in [1.807, 2.05) is 21.8 Å². The predicted octanol–water partition coefficient (Wildman–Crippen LogP) is 0.847. The summed E-state index contributed by atoms with van der Waals surface area (Å²) in [5.41, 5.74) is 9.38. The maximum absolute atomic E-state index is 5.47. The van der Waals surface area contributed by atoms with E-state index in [-0.39, 0.29) is 0 Å². The second-order valence-corrected chi connectivity index (χ2v) is 3.45. The lowest BCUT2D eigenvalue weighted by Crippen LogP contribution is -2.00. The summed E-state index contributed by atoms with van der Waals surface area (Å²) in [5, 5.41) is 6.18. The van der Waals surface area contributed by atoms with Crippen LogP contribution in [-0.2, 0) is 13.1 Å². The van der Waals surface area contributed by atoms with E-state index in [1.165, 1.54) is 0 Å². The van der Waals surface area contributed by atoms with Crippen molar-refractivity contribution >= 4 is 11.3 Å². The van der Waals surface area contributed by atoms with E-state index in [4.69, 9.17) is 5.73 Å². The summed E-state index contributed by atoms with van der Waals surface area (Å²) < 4.78 is 1.84. The third-order valence-corrected chi connectivity index (χ3v) is 2.37. The lowest BCUT2D eigenvalue weighted by atomic mass is 10.4. The van der Waals surface area contributed by atoms with Gasteiger partial charge in [0.25, 0.3) is 0 Å². The zero-order valence-corrected chi connectivity index (χ0v) is 7.87. The number of thiazole rings is 1. The van der Waals surface area contributed by atoms with Gasteiger partial charge in [-0.2, -0.15) is 5.10 Å². The monoisotopic (exact) mass is 194 g/mol. The normalized spacial score (nSPS) is 10.5. The Kier molecular flexibility index (Phi) is 2.37. The zero-order valence-electron chi connectivity index (χ0n) is 7.05. The Morgan fingerprint density at radius 3 is 3.08 bits per heavy atom. The average Bonchev–Trinajstić information content (AvgIpc) is 2.76. The summed E-state index contributed by atoms with van der Waals surface area (Å²) in [5.74, 6) is 0. The van der Waals surface area contributed by atoms with Crippen molar-refractivity contribution in [2.75, 3.05) is 0 Å². The van der Waals surface area contributed by atoms with Gasteiger partial charge >= 0.3 is 0 Å². The molecule has 2 N–H and O–H groups in total. The minimum atomic E-state index is 0.539. The Morgan fingerprint density at radius 1 is 1.54 bits per heavy atom. The van der Waals surface area contributed by atoms with Crippen molar-refractivity contribution in [2.24, 2.45) is 5.73 Å². The SMILES string of the molecule is NCc1cnn(Cc2cscn2)c1. The molecule has 0 fully saturated rings. The summed E-state index contributed by atoms with van der Waals surface area (Å²) in [6.07, 6.45) is 3.73. The first-order valence-corrected chi connectivity index (χ1v) is 4.91. The van der Waals surface area contributed by atoms with E-state index < -0.39 is 0 Å². The minimum Gasteiger partial charge on any atom is -0.326 e. The first kappa shape index (κ1) is 8.40. The third kappa shape index (κ3) is 1.93. The molecule has 2 aromatic heterocycles. The van der Waals surface area contributed by atoms with Crippen molar-refractivity contribution in [1.29, 1.82) is 0 Å². The molecule has 13 heavy (non-hydrogen) atoms. The van der Waals surface area contributed by atoms with Gasteiger partial charge in [-0.05, 0) is 0 Å². The molecule has 0 saturated heterocycles. The number of rotatable bonds is 3. The topological polar surface area (TPSA) is 56.7 Å². The Balaban J connectivity index is 2.10. The quantitative estimate of drug-likeness (QED) is 0.788. The molecule has 5 heteroatoms. The van der Waals surface area contributed by atoms with Crippen LogP contribution in [0, 0.1) is 0 Å². The largest absolute Gasteiger partial charge is 0.326 e. The first-order chi connectivity index (χ1) is 6.38. The van der Waals surface area contributed by atoms with Gasteiger partial charge in [-0.15, -0.1) is 11.3 Å². The predicted molar refractivity (Wildman–Crippen MR) is 51.3 cm³/mol. The van der Waals surface area contributed by atoms with E-state index in [0.717, 1.165) is 17.8 Å². The van der Waals surface area contributed by atoms with Gasteiger partial charge in [0, 0.05) is 23.7 Å². The van der Waals surface area contributed by atoms with Crippen LogP contribution in [0.1, 0.15) is 11.3 Å². The Labute approximate surface area is 80.0 Å². The highest BCUT2D eigenvalue weighted by molar-refractivity contribution is 7.07. The van der Waals surface area contributed by atoms with E-state index in [9.17, 15) is 0 Å². The molecule has 0 bridgehead atoms. The molecule has 2 heterocycles. The molecular formula is C8H10N4S. The molecule has 0 radical (unpaired) electrons. The number of nitrogens with zero attached hydrogens (tertiary/aromatic N) is 3. The molecule has 0 unspecified atom stereocenters. The maximum atomic E-state index is 5.47. The number of hydrogen-bond donors (Lipinski definition) is 1. The lowest BCUT2D eigenvalue weighted by Gasteiger charge is -1.95. The maximum Gasteiger partial charge on any atom is 0.0839 e. The fourth-order valence-corrected chi connectivity index (χ4v) is 1.63. The first-order valence-electron chi connectivity index (χ1n) is 3.97. The highest BCUT2D eigenvalue weighted by Gasteiger charge is 1.98. The highest BCUT2D eigenvalue weighted by Crippen LogP contribution is 2.04. The third-order valence-electron chi connectivity index (χ3n) is 1.73. The molecule has 0 amide bonds. The standard InChI is InChI=1S/C8H10N4S/c9-1-7-2-11-12(3-7)4-8-5-13-6-10-8/h2-3,5-6H,1,4,9H2. The van der Waals surface area contributed by atoms with E-state index in [1.54, 1.807) is 17.5 Å². The van der Waals surface area contributed by atoms with E-state index in [0.29, 0.717) is 6.54 Å². The van der Waals surface area contributed by atoms with Crippen LogP contribution in [0.5, 0.6) is 0 Å². The molecule has 4 nitrogen and oxygen atoms in total. The number of aromatic nitrogens is 3. The Morgan fingerprint density at radius 2 is 2.46 bits per heavy atom. The van der Waals surface area contributed by atoms with Gasteiger partial charge in [-0.25, -0.2) is 4.98 Å². The van der Waals surface area contributed by atoms with Crippen molar-refractivity contribution in [3.05, 3.63) is 34.5 Å². The average molecular weight is 194 g/mol. The van der Waals surface area contributed by atoms with Crippen molar-refractivity contribution in [1.82, 2.24) is 14.8 Å². The molecule has 2 aromatic rings. The van der Waals surface area contributed by atoms with E-state index in [2.05, 4.69) is 10.1 Å². The second kappa shape index (κ2) is 3.68. The van der Waals surface area contributed by atoms with Gasteiger partial charge in [0.15, 0.2) is 0 Å². The smallest absolute Gasteiger partial charge is 0.0839 e. The van der Waals surface area contributed by atoms with Gasteiger partial charge in [-0.1, -0.05) is 0 Å². The van der Waals surface area contributed by atoms with Gasteiger partial charge in [0.05, 0.1) is 23.9 Å². The fourth-order valence-electron chi connectivity index (χ4n) is 1.08. The van der Waals surface area contributed by atoms with Crippen molar-refractivity contribution < 1.29 is 0 Å². The fraction of sp³-hybridized carbons (Fsp3) is 0.250. The van der Waals surface area contributed by atoms with Gasteiger partial charge in [0.1, 0.15) is 0 Å². The molecular weight excluding hydrogens is 184 g/mol. The van der Waals surface area contributed by atoms with Gasteiger partial charge in [0.2, 0.25) is 0 Å². The number of hydrogen-bond acceptors (Lipinski definition) is 4. The van der Waals surface area contributed by atoms with Crippen LogP contribution in [0.15, 0.2) is 23.3 Å². The highest BCUT2D eigenvalue weighted by atomic mass is 32.1. The summed E-state index contributed by atoms with van der Waals surface area (Å²) in [7, 11) is 0. The summed E-state index contributed by atoms with van der Waals surface area (Å²) in [6, 6.07) is 0. The van der Waals surface area contributed by atoms with Crippen LogP contribution in [-0.4, -0.2) is 14.8 Å². The van der Waals surface area contributed by atoms with Crippen molar-refractivity contribution in [3.63, 3.8) is 0 Å². The molecule has 0 spiro atoms. The summed E-state index contributed by atoms with van der Waals surface area (Å²) in [4.78, 5) is 4.17. The van der Waals surface area contributed by atoms with Crippen LogP contribution < -0.4 is 5.73 Å². The van der Waals surface area contributed by atoms with Crippen LogP contribution >= 0.6 is 11.3 Å². The molecule has 0 aromatic carbocycles. The molecule has 68 valence electrons. The molecule has 0 aliphatic carbocycles.